The van der Waals surface area contributed by atoms with Crippen LogP contribution in [0, 0.1) is 0 Å². The fourth-order valence-corrected chi connectivity index (χ4v) is 3.55. The number of benzene rings is 2. The first-order chi connectivity index (χ1) is 11.4. The molecule has 0 aliphatic heterocycles. The number of phenols is 1. The Morgan fingerprint density at radius 1 is 1.25 bits per heavy atom. The number of hydrazone groups is 1. The topological polar surface area (TPSA) is 74.8 Å². The van der Waals surface area contributed by atoms with Crippen molar-refractivity contribution in [3.8, 4) is 5.75 Å². The molecule has 0 aliphatic carbocycles. The van der Waals surface area contributed by atoms with Gasteiger partial charge in [0, 0.05) is 20.4 Å². The highest BCUT2D eigenvalue weighted by Gasteiger charge is 2.14. The van der Waals surface area contributed by atoms with Crippen LogP contribution >= 0.6 is 43.5 Å². The summed E-state index contributed by atoms with van der Waals surface area (Å²) in [6.45, 7) is 0. The molecule has 5 nitrogen and oxygen atoms in total. The average Bonchev–Trinajstić information content (AvgIpc) is 2.95. The largest absolute Gasteiger partial charge is 0.507 e. The minimum absolute atomic E-state index is 0.00918. The minimum atomic E-state index is -0.507. The van der Waals surface area contributed by atoms with E-state index >= 15 is 0 Å². The Kier molecular flexibility index (Phi) is 4.93. The van der Waals surface area contributed by atoms with Gasteiger partial charge in [-0.1, -0.05) is 27.5 Å². The number of phenolic OH excluding ortho intramolecular Hbond substituents is 1. The number of carbonyl (C=O) groups is 1. The van der Waals surface area contributed by atoms with Crippen molar-refractivity contribution in [2.45, 2.75) is 0 Å². The van der Waals surface area contributed by atoms with Crippen LogP contribution in [0.25, 0.3) is 11.0 Å². The van der Waals surface area contributed by atoms with E-state index in [9.17, 15) is 9.90 Å². The van der Waals surface area contributed by atoms with Crippen LogP contribution in [0.5, 0.6) is 5.75 Å². The van der Waals surface area contributed by atoms with Crippen LogP contribution in [-0.4, -0.2) is 17.2 Å². The van der Waals surface area contributed by atoms with Crippen LogP contribution in [0.3, 0.4) is 0 Å². The molecule has 0 radical (unpaired) electrons. The second-order valence-corrected chi connectivity index (χ2v) is 7.03. The summed E-state index contributed by atoms with van der Waals surface area (Å²) in [5.74, 6) is -0.377. The zero-order chi connectivity index (χ0) is 17.3. The summed E-state index contributed by atoms with van der Waals surface area (Å²) >= 11 is 12.6. The van der Waals surface area contributed by atoms with Crippen molar-refractivity contribution in [2.75, 3.05) is 0 Å². The van der Waals surface area contributed by atoms with E-state index in [1.54, 1.807) is 12.1 Å². The van der Waals surface area contributed by atoms with Crippen molar-refractivity contribution in [3.63, 3.8) is 0 Å². The summed E-state index contributed by atoms with van der Waals surface area (Å²) < 4.78 is 7.14. The molecule has 1 amide bonds. The summed E-state index contributed by atoms with van der Waals surface area (Å²) in [5.41, 5.74) is 3.30. The van der Waals surface area contributed by atoms with Gasteiger partial charge in [-0.25, -0.2) is 5.43 Å². The fourth-order valence-electron chi connectivity index (χ4n) is 2.03. The number of hydrogen-bond acceptors (Lipinski definition) is 4. The summed E-state index contributed by atoms with van der Waals surface area (Å²) in [7, 11) is 0. The third-order valence-electron chi connectivity index (χ3n) is 3.12. The maximum atomic E-state index is 12.1. The van der Waals surface area contributed by atoms with E-state index < -0.39 is 5.91 Å². The van der Waals surface area contributed by atoms with Gasteiger partial charge in [0.05, 0.1) is 10.7 Å². The van der Waals surface area contributed by atoms with E-state index in [1.165, 1.54) is 18.3 Å². The van der Waals surface area contributed by atoms with Crippen molar-refractivity contribution in [1.82, 2.24) is 5.43 Å². The number of hydrogen-bond donors (Lipinski definition) is 2. The van der Waals surface area contributed by atoms with Gasteiger partial charge in [0.15, 0.2) is 5.76 Å². The van der Waals surface area contributed by atoms with Gasteiger partial charge in [-0.2, -0.15) is 5.10 Å². The number of nitrogens with one attached hydrogen (secondary N) is 1. The first kappa shape index (κ1) is 17.0. The molecule has 1 aromatic heterocycles. The first-order valence-corrected chi connectivity index (χ1v) is 8.61. The van der Waals surface area contributed by atoms with Crippen molar-refractivity contribution in [3.05, 3.63) is 61.7 Å². The molecule has 1 heterocycles. The lowest BCUT2D eigenvalue weighted by atomic mass is 10.2. The second-order valence-electron chi connectivity index (χ2n) is 4.82. The van der Waals surface area contributed by atoms with Gasteiger partial charge in [0.25, 0.3) is 0 Å². The fraction of sp³-hybridized carbons (Fsp3) is 0. The maximum Gasteiger partial charge on any atom is 0.307 e. The Morgan fingerprint density at radius 2 is 2.04 bits per heavy atom. The number of furan rings is 1. The molecule has 0 bridgehead atoms. The molecule has 0 atom stereocenters. The molecule has 0 fully saturated rings. The normalized spacial score (nSPS) is 11.3. The molecule has 8 heteroatoms. The summed E-state index contributed by atoms with van der Waals surface area (Å²) in [5, 5.41) is 14.7. The lowest BCUT2D eigenvalue weighted by molar-refractivity contribution is 0.0929. The third-order valence-corrected chi connectivity index (χ3v) is 4.40. The van der Waals surface area contributed by atoms with Crippen molar-refractivity contribution in [2.24, 2.45) is 5.10 Å². The van der Waals surface area contributed by atoms with Crippen LogP contribution < -0.4 is 5.43 Å². The highest BCUT2D eigenvalue weighted by Crippen LogP contribution is 2.31. The van der Waals surface area contributed by atoms with Gasteiger partial charge < -0.3 is 9.52 Å². The molecule has 0 spiro atoms. The molecule has 0 aliphatic rings. The highest BCUT2D eigenvalue weighted by molar-refractivity contribution is 9.11. The number of rotatable bonds is 3. The van der Waals surface area contributed by atoms with Crippen LogP contribution in [0.1, 0.15) is 16.1 Å². The van der Waals surface area contributed by atoms with E-state index in [0.717, 1.165) is 14.3 Å². The molecule has 122 valence electrons. The molecule has 24 heavy (non-hydrogen) atoms. The van der Waals surface area contributed by atoms with Gasteiger partial charge in [-0.3, -0.25) is 4.79 Å². The predicted octanol–water partition coefficient (Wildman–Crippen LogP) is 5.08. The molecule has 0 saturated carbocycles. The van der Waals surface area contributed by atoms with Gasteiger partial charge in [-0.15, -0.1) is 0 Å². The Bertz CT molecular complexity index is 969. The quantitative estimate of drug-likeness (QED) is 0.412. The van der Waals surface area contributed by atoms with Gasteiger partial charge in [-0.05, 0) is 52.3 Å². The Hall–Kier alpha value is -1.83. The van der Waals surface area contributed by atoms with Gasteiger partial charge in [0.2, 0.25) is 0 Å². The van der Waals surface area contributed by atoms with Crippen LogP contribution in [-0.2, 0) is 0 Å². The van der Waals surface area contributed by atoms with Crippen LogP contribution in [0.4, 0.5) is 0 Å². The molecule has 3 rings (SSSR count). The molecule has 2 N–H and O–H groups in total. The predicted molar refractivity (Wildman–Crippen MR) is 99.8 cm³/mol. The lowest BCUT2D eigenvalue weighted by Crippen LogP contribution is -2.16. The van der Waals surface area contributed by atoms with Crippen molar-refractivity contribution in [1.29, 1.82) is 0 Å². The zero-order valence-corrected chi connectivity index (χ0v) is 15.8. The minimum Gasteiger partial charge on any atom is -0.507 e. The molecule has 2 aromatic carbocycles. The SMILES string of the molecule is O=C(N/N=C\c1cc(Cl)ccc1O)c1cc2cc(Br)cc(Br)c2o1. The molecule has 0 unspecified atom stereocenters. The standard InChI is InChI=1S/C16H9Br2ClN2O3/c17-10-3-8-5-14(24-15(8)12(18)6-10)16(23)21-20-7-9-4-11(19)1-2-13(9)22/h1-7,22H,(H,21,23)/b20-7-. The number of carbonyl (C=O) groups excluding carboxylic acids is 1. The maximum absolute atomic E-state index is 12.1. The van der Waals surface area contributed by atoms with E-state index in [4.69, 9.17) is 16.0 Å². The monoisotopic (exact) mass is 470 g/mol. The third kappa shape index (κ3) is 3.63. The first-order valence-electron chi connectivity index (χ1n) is 6.64. The lowest BCUT2D eigenvalue weighted by Gasteiger charge is -1.99. The van der Waals surface area contributed by atoms with Gasteiger partial charge in [0.1, 0.15) is 11.3 Å². The summed E-state index contributed by atoms with van der Waals surface area (Å²) in [6.07, 6.45) is 1.30. The number of nitrogens with zero attached hydrogens (tertiary/aromatic N) is 1. The van der Waals surface area contributed by atoms with E-state index in [1.807, 2.05) is 12.1 Å². The van der Waals surface area contributed by atoms with Gasteiger partial charge >= 0.3 is 5.91 Å². The van der Waals surface area contributed by atoms with Crippen molar-refractivity contribution >= 4 is 66.6 Å². The number of aromatic hydroxyl groups is 1. The summed E-state index contributed by atoms with van der Waals surface area (Å²) in [4.78, 5) is 12.1. The van der Waals surface area contributed by atoms with Crippen LogP contribution in [0.15, 0.2) is 54.9 Å². The highest BCUT2D eigenvalue weighted by atomic mass is 79.9. The van der Waals surface area contributed by atoms with Crippen molar-refractivity contribution < 1.29 is 14.3 Å². The van der Waals surface area contributed by atoms with E-state index in [0.29, 0.717) is 16.2 Å². The molecular formula is C16H9Br2ClN2O3. The Balaban J connectivity index is 1.79. The number of amides is 1. The van der Waals surface area contributed by atoms with Crippen LogP contribution in [0.2, 0.25) is 5.02 Å². The Labute approximate surface area is 158 Å². The van der Waals surface area contributed by atoms with E-state index in [2.05, 4.69) is 42.4 Å². The average molecular weight is 473 g/mol. The molecule has 0 saturated heterocycles. The summed E-state index contributed by atoms with van der Waals surface area (Å²) in [6, 6.07) is 9.81. The molecular weight excluding hydrogens is 463 g/mol. The Morgan fingerprint density at radius 3 is 2.83 bits per heavy atom. The smallest absolute Gasteiger partial charge is 0.307 e. The van der Waals surface area contributed by atoms with E-state index in [-0.39, 0.29) is 11.5 Å². The number of halogens is 3. The zero-order valence-electron chi connectivity index (χ0n) is 11.9. The molecule has 3 aromatic rings. The number of fused-ring (bicyclic) bond motifs is 1. The second kappa shape index (κ2) is 6.96.